The van der Waals surface area contributed by atoms with Crippen LogP contribution in [0, 0.1) is 0 Å². The van der Waals surface area contributed by atoms with Gasteiger partial charge in [-0.15, -0.1) is 6.58 Å². The summed E-state index contributed by atoms with van der Waals surface area (Å²) in [5.41, 5.74) is 4.88. The molecule has 3 aliphatic heterocycles. The summed E-state index contributed by atoms with van der Waals surface area (Å²) in [5.74, 6) is -2.45. The maximum atomic E-state index is 12.2. The standard InChI is InChI=1S/C53H60O11/c1-4-30-53(60-36-43(54)45-47(57-33-40-24-14-7-15-25-40)49-51(61-45)64-52(2,3)63-49)50(59-35-42-28-18-9-19-29-42)48(58-34-41-26-16-8-17-27-41)46(56-32-39-22-12-6-13-23-39)44(62-53)37-55-31-38-20-10-5-11-21-38/h4-29,43-51,54H,1,30-37H2,2-3H3/t43-,44-,45-,46-,47-,48+,49-,50-,51-,53+/m1/s1. The van der Waals surface area contributed by atoms with E-state index in [9.17, 15) is 5.11 Å². The maximum Gasteiger partial charge on any atom is 0.201 e. The monoisotopic (exact) mass is 872 g/mol. The first-order valence-electron chi connectivity index (χ1n) is 22.1. The molecule has 5 aromatic rings. The van der Waals surface area contributed by atoms with Crippen molar-refractivity contribution in [2.75, 3.05) is 13.2 Å². The number of rotatable bonds is 22. The van der Waals surface area contributed by atoms with Gasteiger partial charge in [0, 0.05) is 6.42 Å². The molecule has 0 saturated carbocycles. The van der Waals surface area contributed by atoms with Gasteiger partial charge in [0.25, 0.3) is 0 Å². The molecule has 64 heavy (non-hydrogen) atoms. The fourth-order valence-corrected chi connectivity index (χ4v) is 8.55. The van der Waals surface area contributed by atoms with Crippen LogP contribution in [0.1, 0.15) is 48.1 Å². The average molecular weight is 873 g/mol. The lowest BCUT2D eigenvalue weighted by Crippen LogP contribution is -2.68. The number of fused-ring (bicyclic) bond motifs is 1. The minimum Gasteiger partial charge on any atom is -0.388 e. The van der Waals surface area contributed by atoms with Crippen LogP contribution in [0.2, 0.25) is 0 Å². The zero-order valence-corrected chi connectivity index (χ0v) is 36.6. The van der Waals surface area contributed by atoms with Gasteiger partial charge in [-0.3, -0.25) is 0 Å². The van der Waals surface area contributed by atoms with E-state index in [1.807, 2.05) is 166 Å². The third-order valence-electron chi connectivity index (χ3n) is 11.6. The molecule has 0 unspecified atom stereocenters. The summed E-state index contributed by atoms with van der Waals surface area (Å²) in [6.07, 6.45) is -5.32. The van der Waals surface area contributed by atoms with E-state index in [-0.39, 0.29) is 46.1 Å². The molecular formula is C53H60O11. The van der Waals surface area contributed by atoms with E-state index in [0.29, 0.717) is 6.61 Å². The molecule has 11 heteroatoms. The van der Waals surface area contributed by atoms with E-state index in [4.69, 9.17) is 47.4 Å². The van der Waals surface area contributed by atoms with Gasteiger partial charge in [0.2, 0.25) is 5.79 Å². The van der Waals surface area contributed by atoms with Crippen LogP contribution in [0.3, 0.4) is 0 Å². The highest BCUT2D eigenvalue weighted by Gasteiger charge is 2.60. The zero-order valence-electron chi connectivity index (χ0n) is 36.6. The van der Waals surface area contributed by atoms with Crippen molar-refractivity contribution in [1.29, 1.82) is 0 Å². The number of benzene rings is 5. The molecule has 3 saturated heterocycles. The van der Waals surface area contributed by atoms with Crippen molar-refractivity contribution in [3.8, 4) is 0 Å². The van der Waals surface area contributed by atoms with Crippen LogP contribution in [0.25, 0.3) is 0 Å². The number of hydrogen-bond acceptors (Lipinski definition) is 11. The summed E-state index contributed by atoms with van der Waals surface area (Å²) in [7, 11) is 0. The summed E-state index contributed by atoms with van der Waals surface area (Å²) in [6.45, 7) is 9.07. The molecule has 0 spiro atoms. The van der Waals surface area contributed by atoms with Gasteiger partial charge in [-0.05, 0) is 41.7 Å². The summed E-state index contributed by atoms with van der Waals surface area (Å²) in [6, 6.07) is 49.7. The Kier molecular flexibility index (Phi) is 15.8. The van der Waals surface area contributed by atoms with Gasteiger partial charge in [-0.25, -0.2) is 0 Å². The fraction of sp³-hybridized carbons (Fsp3) is 0.396. The quantitative estimate of drug-likeness (QED) is 0.0677. The molecule has 0 aromatic heterocycles. The molecule has 0 bridgehead atoms. The van der Waals surface area contributed by atoms with Gasteiger partial charge < -0.3 is 52.5 Å². The Morgan fingerprint density at radius 3 is 1.53 bits per heavy atom. The first-order chi connectivity index (χ1) is 31.3. The van der Waals surface area contributed by atoms with Gasteiger partial charge in [0.05, 0.1) is 46.2 Å². The Bertz CT molecular complexity index is 2130. The summed E-state index contributed by atoms with van der Waals surface area (Å²) < 4.78 is 66.8. The van der Waals surface area contributed by atoms with Crippen molar-refractivity contribution in [3.63, 3.8) is 0 Å². The van der Waals surface area contributed by atoms with Crippen LogP contribution >= 0.6 is 0 Å². The first-order valence-corrected chi connectivity index (χ1v) is 22.1. The van der Waals surface area contributed by atoms with Crippen molar-refractivity contribution in [2.24, 2.45) is 0 Å². The van der Waals surface area contributed by atoms with Gasteiger partial charge in [0.1, 0.15) is 48.8 Å². The highest BCUT2D eigenvalue weighted by Crippen LogP contribution is 2.43. The predicted molar refractivity (Wildman–Crippen MR) is 239 cm³/mol. The summed E-state index contributed by atoms with van der Waals surface area (Å²) in [5, 5.41) is 12.2. The molecule has 11 nitrogen and oxygen atoms in total. The Balaban J connectivity index is 1.12. The van der Waals surface area contributed by atoms with Gasteiger partial charge in [-0.1, -0.05) is 158 Å². The molecule has 5 aromatic carbocycles. The van der Waals surface area contributed by atoms with Crippen LogP contribution in [0.15, 0.2) is 164 Å². The third kappa shape index (κ3) is 11.8. The molecule has 0 radical (unpaired) electrons. The fourth-order valence-electron chi connectivity index (χ4n) is 8.55. The Morgan fingerprint density at radius 1 is 0.578 bits per heavy atom. The first kappa shape index (κ1) is 45.9. The normalized spacial score (nSPS) is 27.8. The van der Waals surface area contributed by atoms with E-state index in [2.05, 4.69) is 6.58 Å². The molecular weight excluding hydrogens is 813 g/mol. The SMILES string of the molecule is C=CC[C@]1(OC[C@@H](O)[C@H]2O[C@@H]3OC(C)(C)O[C@@H]3[C@@H]2OCc2ccccc2)O[C@H](COCc2ccccc2)[C@@H](OCc2ccccc2)[C@H](OCc2ccccc2)[C@H]1OCc1ccccc1. The van der Waals surface area contributed by atoms with Gasteiger partial charge >= 0.3 is 0 Å². The lowest BCUT2D eigenvalue weighted by atomic mass is 9.89. The largest absolute Gasteiger partial charge is 0.388 e. The van der Waals surface area contributed by atoms with Crippen LogP contribution < -0.4 is 0 Å². The molecule has 3 fully saturated rings. The minimum absolute atomic E-state index is 0.130. The van der Waals surface area contributed by atoms with Gasteiger partial charge in [-0.2, -0.15) is 0 Å². The molecule has 1 N–H and O–H groups in total. The smallest absolute Gasteiger partial charge is 0.201 e. The van der Waals surface area contributed by atoms with Crippen LogP contribution in [0.4, 0.5) is 0 Å². The highest BCUT2D eigenvalue weighted by molar-refractivity contribution is 5.18. The number of hydrogen-bond donors (Lipinski definition) is 1. The Hall–Kier alpha value is -4.60. The van der Waals surface area contributed by atoms with Crippen molar-refractivity contribution < 1.29 is 52.5 Å². The number of aliphatic hydroxyl groups excluding tert-OH is 1. The second-order valence-corrected chi connectivity index (χ2v) is 16.9. The lowest BCUT2D eigenvalue weighted by molar-refractivity contribution is -0.386. The third-order valence-corrected chi connectivity index (χ3v) is 11.6. The van der Waals surface area contributed by atoms with Crippen molar-refractivity contribution in [2.45, 2.75) is 120 Å². The van der Waals surface area contributed by atoms with Crippen LogP contribution in [-0.2, 0) is 80.4 Å². The molecule has 10 atom stereocenters. The molecule has 0 aliphatic carbocycles. The average Bonchev–Trinajstić information content (AvgIpc) is 3.81. The molecule has 3 aliphatic rings. The molecule has 0 amide bonds. The van der Waals surface area contributed by atoms with E-state index in [1.165, 1.54) is 0 Å². The van der Waals surface area contributed by atoms with Crippen molar-refractivity contribution in [3.05, 3.63) is 192 Å². The minimum atomic E-state index is -1.56. The molecule has 8 rings (SSSR count). The molecule has 338 valence electrons. The van der Waals surface area contributed by atoms with Crippen LogP contribution in [0.5, 0.6) is 0 Å². The van der Waals surface area contributed by atoms with E-state index in [0.717, 1.165) is 27.8 Å². The second-order valence-electron chi connectivity index (χ2n) is 16.9. The van der Waals surface area contributed by atoms with E-state index < -0.39 is 66.7 Å². The van der Waals surface area contributed by atoms with Gasteiger partial charge in [0.15, 0.2) is 12.1 Å². The topological polar surface area (TPSA) is 113 Å². The number of ether oxygens (including phenoxy) is 10. The van der Waals surface area contributed by atoms with Crippen molar-refractivity contribution >= 4 is 0 Å². The zero-order chi connectivity index (χ0) is 44.2. The Labute approximate surface area is 376 Å². The summed E-state index contributed by atoms with van der Waals surface area (Å²) >= 11 is 0. The lowest BCUT2D eigenvalue weighted by Gasteiger charge is -2.52. The van der Waals surface area contributed by atoms with Crippen molar-refractivity contribution in [1.82, 2.24) is 0 Å². The second kappa shape index (κ2) is 22.1. The molecule has 3 heterocycles. The summed E-state index contributed by atoms with van der Waals surface area (Å²) in [4.78, 5) is 0. The Morgan fingerprint density at radius 2 is 1.03 bits per heavy atom. The number of aliphatic hydroxyl groups is 1. The van der Waals surface area contributed by atoms with E-state index >= 15 is 0 Å². The van der Waals surface area contributed by atoms with E-state index in [1.54, 1.807) is 6.08 Å². The highest BCUT2D eigenvalue weighted by atomic mass is 16.8. The predicted octanol–water partition coefficient (Wildman–Crippen LogP) is 8.47. The van der Waals surface area contributed by atoms with Crippen LogP contribution in [-0.4, -0.2) is 85.0 Å². The maximum absolute atomic E-state index is 12.2.